The van der Waals surface area contributed by atoms with Gasteiger partial charge in [-0.05, 0) is 44.4 Å². The maximum Gasteiger partial charge on any atom is 0.110 e. The molecule has 0 saturated heterocycles. The largest absolute Gasteiger partial charge is 0.385 e. The quantitative estimate of drug-likeness (QED) is 0.812. The van der Waals surface area contributed by atoms with E-state index in [-0.39, 0.29) is 0 Å². The third-order valence-electron chi connectivity index (χ3n) is 3.31. The lowest BCUT2D eigenvalue weighted by molar-refractivity contribution is 0.828. The fourth-order valence-electron chi connectivity index (χ4n) is 2.48. The lowest BCUT2D eigenvalue weighted by Gasteiger charge is -2.19. The molecular weight excluding hydrogens is 210 g/mol. The molecule has 88 valence electrons. The molecule has 1 aromatic carbocycles. The summed E-state index contributed by atoms with van der Waals surface area (Å²) in [5, 5.41) is 3.47. The first kappa shape index (κ1) is 10.4. The van der Waals surface area contributed by atoms with Crippen LogP contribution in [0.25, 0.3) is 5.69 Å². The maximum absolute atomic E-state index is 4.44. The average molecular weight is 227 g/mol. The van der Waals surface area contributed by atoms with Gasteiger partial charge in [-0.1, -0.05) is 6.07 Å². The van der Waals surface area contributed by atoms with Crippen molar-refractivity contribution in [3.05, 3.63) is 41.5 Å². The minimum absolute atomic E-state index is 1.04. The van der Waals surface area contributed by atoms with Gasteiger partial charge in [-0.25, -0.2) is 4.98 Å². The lowest BCUT2D eigenvalue weighted by atomic mass is 10.0. The zero-order valence-corrected chi connectivity index (χ0v) is 10.3. The molecule has 1 aliphatic rings. The summed E-state index contributed by atoms with van der Waals surface area (Å²) < 4.78 is 2.14. The van der Waals surface area contributed by atoms with Crippen molar-refractivity contribution in [2.45, 2.75) is 26.7 Å². The van der Waals surface area contributed by atoms with E-state index in [0.29, 0.717) is 0 Å². The molecule has 0 radical (unpaired) electrons. The zero-order chi connectivity index (χ0) is 11.8. The van der Waals surface area contributed by atoms with E-state index in [9.17, 15) is 0 Å². The van der Waals surface area contributed by atoms with Crippen molar-refractivity contribution in [2.75, 3.05) is 11.9 Å². The van der Waals surface area contributed by atoms with Crippen LogP contribution in [0.1, 0.15) is 23.5 Å². The number of nitrogens with one attached hydrogen (secondary N) is 1. The Morgan fingerprint density at radius 3 is 2.94 bits per heavy atom. The van der Waals surface area contributed by atoms with Gasteiger partial charge in [-0.15, -0.1) is 0 Å². The fraction of sp³-hybridized carbons (Fsp3) is 0.357. The number of hydrogen-bond donors (Lipinski definition) is 1. The van der Waals surface area contributed by atoms with Crippen molar-refractivity contribution in [3.8, 4) is 5.69 Å². The van der Waals surface area contributed by atoms with Crippen LogP contribution in [-0.2, 0) is 6.42 Å². The van der Waals surface area contributed by atoms with Gasteiger partial charge in [-0.2, -0.15) is 0 Å². The van der Waals surface area contributed by atoms with E-state index in [1.54, 1.807) is 0 Å². The van der Waals surface area contributed by atoms with Crippen LogP contribution in [0.15, 0.2) is 24.4 Å². The number of hydrogen-bond acceptors (Lipinski definition) is 2. The Kier molecular flexibility index (Phi) is 2.39. The molecule has 1 aliphatic heterocycles. The molecule has 0 atom stereocenters. The van der Waals surface area contributed by atoms with E-state index in [2.05, 4.69) is 39.3 Å². The van der Waals surface area contributed by atoms with Gasteiger partial charge < -0.3 is 9.88 Å². The number of aryl methyl sites for hydroxylation is 3. The average Bonchev–Trinajstić information content (AvgIpc) is 2.68. The Labute approximate surface area is 101 Å². The van der Waals surface area contributed by atoms with Crippen LogP contribution >= 0.6 is 0 Å². The maximum atomic E-state index is 4.44. The van der Waals surface area contributed by atoms with Crippen LogP contribution in [0.3, 0.4) is 0 Å². The van der Waals surface area contributed by atoms with Gasteiger partial charge in [0, 0.05) is 24.1 Å². The molecule has 0 fully saturated rings. The van der Waals surface area contributed by atoms with E-state index in [4.69, 9.17) is 0 Å². The molecule has 2 heterocycles. The highest BCUT2D eigenvalue weighted by molar-refractivity contribution is 5.58. The summed E-state index contributed by atoms with van der Waals surface area (Å²) in [5.74, 6) is 1.04. The van der Waals surface area contributed by atoms with E-state index < -0.39 is 0 Å². The summed E-state index contributed by atoms with van der Waals surface area (Å²) in [5.41, 5.74) is 4.96. The monoisotopic (exact) mass is 227 g/mol. The number of anilines is 1. The van der Waals surface area contributed by atoms with Gasteiger partial charge in [0.25, 0.3) is 0 Å². The molecule has 3 rings (SSSR count). The third-order valence-corrected chi connectivity index (χ3v) is 3.31. The second kappa shape index (κ2) is 3.91. The summed E-state index contributed by atoms with van der Waals surface area (Å²) in [4.78, 5) is 4.44. The Hall–Kier alpha value is -1.77. The molecule has 0 unspecified atom stereocenters. The molecule has 2 aromatic rings. The SMILES string of the molecule is Cc1cn(-c2ccc3c(c2)NCCC3)c(C)n1. The summed E-state index contributed by atoms with van der Waals surface area (Å²) in [7, 11) is 0. The fourth-order valence-corrected chi connectivity index (χ4v) is 2.48. The molecular formula is C14H17N3. The summed E-state index contributed by atoms with van der Waals surface area (Å²) >= 11 is 0. The number of nitrogens with zero attached hydrogens (tertiary/aromatic N) is 2. The molecule has 0 bridgehead atoms. The predicted molar refractivity (Wildman–Crippen MR) is 69.8 cm³/mol. The highest BCUT2D eigenvalue weighted by Crippen LogP contribution is 2.25. The summed E-state index contributed by atoms with van der Waals surface area (Å²) in [6.45, 7) is 5.15. The van der Waals surface area contributed by atoms with Crippen LogP contribution in [0.2, 0.25) is 0 Å². The van der Waals surface area contributed by atoms with Crippen molar-refractivity contribution >= 4 is 5.69 Å². The van der Waals surface area contributed by atoms with Gasteiger partial charge in [-0.3, -0.25) is 0 Å². The first-order chi connectivity index (χ1) is 8.24. The van der Waals surface area contributed by atoms with Crippen molar-refractivity contribution in [1.82, 2.24) is 9.55 Å². The number of aromatic nitrogens is 2. The van der Waals surface area contributed by atoms with Crippen molar-refractivity contribution in [2.24, 2.45) is 0 Å². The van der Waals surface area contributed by atoms with Crippen LogP contribution < -0.4 is 5.32 Å². The van der Waals surface area contributed by atoms with E-state index in [0.717, 1.165) is 18.1 Å². The Morgan fingerprint density at radius 1 is 1.29 bits per heavy atom. The number of benzene rings is 1. The minimum Gasteiger partial charge on any atom is -0.385 e. The van der Waals surface area contributed by atoms with Gasteiger partial charge in [0.1, 0.15) is 5.82 Å². The molecule has 1 N–H and O–H groups in total. The molecule has 3 nitrogen and oxygen atoms in total. The van der Waals surface area contributed by atoms with E-state index in [1.807, 2.05) is 13.8 Å². The second-order valence-electron chi connectivity index (χ2n) is 4.67. The standard InChI is InChI=1S/C14H17N3/c1-10-9-17(11(2)16-10)13-6-5-12-4-3-7-15-14(12)8-13/h5-6,8-9,15H,3-4,7H2,1-2H3. The van der Waals surface area contributed by atoms with E-state index in [1.165, 1.54) is 29.8 Å². The van der Waals surface area contributed by atoms with Crippen molar-refractivity contribution in [1.29, 1.82) is 0 Å². The van der Waals surface area contributed by atoms with Gasteiger partial charge in [0.15, 0.2) is 0 Å². The predicted octanol–water partition coefficient (Wildman–Crippen LogP) is 2.85. The number of imidazole rings is 1. The first-order valence-electron chi connectivity index (χ1n) is 6.14. The van der Waals surface area contributed by atoms with Crippen LogP contribution in [0.4, 0.5) is 5.69 Å². The molecule has 3 heteroatoms. The molecule has 17 heavy (non-hydrogen) atoms. The van der Waals surface area contributed by atoms with Crippen LogP contribution in [0.5, 0.6) is 0 Å². The first-order valence-corrected chi connectivity index (χ1v) is 6.14. The zero-order valence-electron chi connectivity index (χ0n) is 10.3. The Balaban J connectivity index is 2.06. The molecule has 0 aliphatic carbocycles. The second-order valence-corrected chi connectivity index (χ2v) is 4.67. The van der Waals surface area contributed by atoms with Crippen molar-refractivity contribution < 1.29 is 0 Å². The lowest BCUT2D eigenvalue weighted by Crippen LogP contribution is -2.12. The molecule has 0 spiro atoms. The highest BCUT2D eigenvalue weighted by atomic mass is 15.1. The normalized spacial score (nSPS) is 14.2. The topological polar surface area (TPSA) is 29.9 Å². The molecule has 0 saturated carbocycles. The van der Waals surface area contributed by atoms with Crippen molar-refractivity contribution in [3.63, 3.8) is 0 Å². The van der Waals surface area contributed by atoms with Gasteiger partial charge in [0.05, 0.1) is 5.69 Å². The minimum atomic E-state index is 1.04. The summed E-state index contributed by atoms with van der Waals surface area (Å²) in [6, 6.07) is 6.63. The summed E-state index contributed by atoms with van der Waals surface area (Å²) in [6.07, 6.45) is 4.50. The smallest absolute Gasteiger partial charge is 0.110 e. The highest BCUT2D eigenvalue weighted by Gasteiger charge is 2.10. The van der Waals surface area contributed by atoms with Gasteiger partial charge >= 0.3 is 0 Å². The van der Waals surface area contributed by atoms with Crippen LogP contribution in [-0.4, -0.2) is 16.1 Å². The Morgan fingerprint density at radius 2 is 2.18 bits per heavy atom. The van der Waals surface area contributed by atoms with Gasteiger partial charge in [0.2, 0.25) is 0 Å². The number of rotatable bonds is 1. The van der Waals surface area contributed by atoms with Crippen LogP contribution in [0, 0.1) is 13.8 Å². The number of fused-ring (bicyclic) bond motifs is 1. The Bertz CT molecular complexity index is 555. The molecule has 1 aromatic heterocycles. The van der Waals surface area contributed by atoms with E-state index >= 15 is 0 Å². The third kappa shape index (κ3) is 1.82. The molecule has 0 amide bonds.